The molecule has 1 amide bonds. The summed E-state index contributed by atoms with van der Waals surface area (Å²) < 4.78 is 27.6. The van der Waals surface area contributed by atoms with Gasteiger partial charge in [0.15, 0.2) is 0 Å². The second-order valence-corrected chi connectivity index (χ2v) is 8.59. The second-order valence-electron chi connectivity index (χ2n) is 5.52. The summed E-state index contributed by atoms with van der Waals surface area (Å²) in [5.41, 5.74) is 1.70. The molecular formula is C18H15ClN2O3S2. The zero-order valence-corrected chi connectivity index (χ0v) is 16.1. The lowest BCUT2D eigenvalue weighted by Gasteiger charge is -2.11. The molecule has 0 saturated heterocycles. The Kier molecular flexibility index (Phi) is 5.31. The number of hydrogen-bond donors (Lipinski definition) is 2. The molecule has 2 N–H and O–H groups in total. The Morgan fingerprint density at radius 2 is 1.81 bits per heavy atom. The van der Waals surface area contributed by atoms with E-state index in [1.807, 2.05) is 5.38 Å². The summed E-state index contributed by atoms with van der Waals surface area (Å²) in [7, 11) is -3.74. The maximum atomic E-state index is 12.5. The van der Waals surface area contributed by atoms with E-state index in [-0.39, 0.29) is 10.8 Å². The van der Waals surface area contributed by atoms with Crippen LogP contribution in [0.1, 0.15) is 15.2 Å². The van der Waals surface area contributed by atoms with Crippen LogP contribution < -0.4 is 10.0 Å². The molecule has 8 heteroatoms. The molecule has 0 aliphatic rings. The number of aryl methyl sites for hydroxylation is 1. The van der Waals surface area contributed by atoms with Crippen LogP contribution in [0.4, 0.5) is 11.4 Å². The molecule has 0 aliphatic heterocycles. The highest BCUT2D eigenvalue weighted by atomic mass is 35.5. The Labute approximate surface area is 160 Å². The zero-order valence-electron chi connectivity index (χ0n) is 13.7. The molecule has 0 aliphatic carbocycles. The maximum absolute atomic E-state index is 12.5. The third-order valence-corrected chi connectivity index (χ3v) is 6.09. The average molecular weight is 407 g/mol. The molecule has 0 spiro atoms. The first-order chi connectivity index (χ1) is 12.3. The Bertz CT molecular complexity index is 1030. The molecule has 0 fully saturated rings. The molecule has 0 atom stereocenters. The number of nitrogens with one attached hydrogen (secondary N) is 2. The van der Waals surface area contributed by atoms with Crippen molar-refractivity contribution in [2.24, 2.45) is 0 Å². The minimum atomic E-state index is -3.74. The molecule has 1 aromatic heterocycles. The van der Waals surface area contributed by atoms with Crippen LogP contribution in [0.5, 0.6) is 0 Å². The lowest BCUT2D eigenvalue weighted by Crippen LogP contribution is -2.14. The van der Waals surface area contributed by atoms with Crippen molar-refractivity contribution >= 4 is 50.2 Å². The van der Waals surface area contributed by atoms with Gasteiger partial charge in [0.05, 0.1) is 15.5 Å². The van der Waals surface area contributed by atoms with E-state index < -0.39 is 10.0 Å². The molecule has 0 bridgehead atoms. The topological polar surface area (TPSA) is 75.3 Å². The van der Waals surface area contributed by atoms with Crippen LogP contribution in [0.2, 0.25) is 5.02 Å². The molecule has 134 valence electrons. The Morgan fingerprint density at radius 3 is 2.42 bits per heavy atom. The van der Waals surface area contributed by atoms with Crippen molar-refractivity contribution in [3.05, 3.63) is 75.4 Å². The first-order valence-corrected chi connectivity index (χ1v) is 10.3. The van der Waals surface area contributed by atoms with Crippen molar-refractivity contribution in [1.82, 2.24) is 0 Å². The highest BCUT2D eigenvalue weighted by Crippen LogP contribution is 2.23. The number of amides is 1. The summed E-state index contributed by atoms with van der Waals surface area (Å²) in [4.78, 5) is 12.7. The van der Waals surface area contributed by atoms with Crippen LogP contribution in [0.15, 0.2) is 64.9 Å². The summed E-state index contributed by atoms with van der Waals surface area (Å²) in [6.45, 7) is 1.77. The summed E-state index contributed by atoms with van der Waals surface area (Å²) in [6, 6.07) is 14.4. The van der Waals surface area contributed by atoms with Gasteiger partial charge in [0.2, 0.25) is 0 Å². The van der Waals surface area contributed by atoms with Crippen molar-refractivity contribution in [2.75, 3.05) is 10.0 Å². The van der Waals surface area contributed by atoms with Gasteiger partial charge >= 0.3 is 0 Å². The predicted molar refractivity (Wildman–Crippen MR) is 106 cm³/mol. The Balaban J connectivity index is 1.75. The number of benzene rings is 2. The van der Waals surface area contributed by atoms with Gasteiger partial charge in [0, 0.05) is 10.7 Å². The van der Waals surface area contributed by atoms with Gasteiger partial charge in [0.25, 0.3) is 15.9 Å². The lowest BCUT2D eigenvalue weighted by molar-refractivity contribution is 0.103. The van der Waals surface area contributed by atoms with E-state index >= 15 is 0 Å². The standard InChI is InChI=1S/C18H15ClN2O3S2/c1-12-11-13(19)4-9-16(12)21-26(23,24)15-7-5-14(6-8-15)20-18(22)17-3-2-10-25-17/h2-11,21H,1H3,(H,20,22). The molecule has 3 rings (SSSR count). The van der Waals surface area contributed by atoms with Gasteiger partial charge in [-0.2, -0.15) is 0 Å². The molecule has 3 aromatic rings. The number of sulfonamides is 1. The number of hydrogen-bond acceptors (Lipinski definition) is 4. The summed E-state index contributed by atoms with van der Waals surface area (Å²) in [6.07, 6.45) is 0. The fraction of sp³-hybridized carbons (Fsp3) is 0.0556. The van der Waals surface area contributed by atoms with E-state index in [4.69, 9.17) is 11.6 Å². The van der Waals surface area contributed by atoms with E-state index in [0.29, 0.717) is 21.3 Å². The quantitative estimate of drug-likeness (QED) is 0.641. The molecule has 1 heterocycles. The fourth-order valence-corrected chi connectivity index (χ4v) is 4.24. The SMILES string of the molecule is Cc1cc(Cl)ccc1NS(=O)(=O)c1ccc(NC(=O)c2cccs2)cc1. The number of anilines is 2. The van der Waals surface area contributed by atoms with Crippen LogP contribution in [0, 0.1) is 6.92 Å². The van der Waals surface area contributed by atoms with Crippen molar-refractivity contribution in [2.45, 2.75) is 11.8 Å². The Hall–Kier alpha value is -2.35. The van der Waals surface area contributed by atoms with Gasteiger partial charge in [-0.3, -0.25) is 9.52 Å². The highest BCUT2D eigenvalue weighted by molar-refractivity contribution is 7.92. The Morgan fingerprint density at radius 1 is 1.08 bits per heavy atom. The van der Waals surface area contributed by atoms with Gasteiger partial charge in [0.1, 0.15) is 0 Å². The van der Waals surface area contributed by atoms with E-state index in [1.54, 1.807) is 49.4 Å². The molecule has 2 aromatic carbocycles. The fourth-order valence-electron chi connectivity index (χ4n) is 2.26. The van der Waals surface area contributed by atoms with Gasteiger partial charge in [-0.1, -0.05) is 17.7 Å². The van der Waals surface area contributed by atoms with Crippen molar-refractivity contribution < 1.29 is 13.2 Å². The van der Waals surface area contributed by atoms with Crippen LogP contribution >= 0.6 is 22.9 Å². The third kappa shape index (κ3) is 4.24. The van der Waals surface area contributed by atoms with Gasteiger partial charge < -0.3 is 5.32 Å². The normalized spacial score (nSPS) is 11.2. The summed E-state index contributed by atoms with van der Waals surface area (Å²) in [5, 5.41) is 5.08. The van der Waals surface area contributed by atoms with Crippen molar-refractivity contribution in [3.8, 4) is 0 Å². The molecule has 0 unspecified atom stereocenters. The van der Waals surface area contributed by atoms with Crippen LogP contribution in [-0.2, 0) is 10.0 Å². The van der Waals surface area contributed by atoms with Crippen LogP contribution in [-0.4, -0.2) is 14.3 Å². The van der Waals surface area contributed by atoms with Gasteiger partial charge in [-0.15, -0.1) is 11.3 Å². The summed E-state index contributed by atoms with van der Waals surface area (Å²) >= 11 is 7.22. The van der Waals surface area contributed by atoms with E-state index in [9.17, 15) is 13.2 Å². The second kappa shape index (κ2) is 7.49. The molecule has 26 heavy (non-hydrogen) atoms. The third-order valence-electron chi connectivity index (χ3n) is 3.60. The smallest absolute Gasteiger partial charge is 0.265 e. The monoisotopic (exact) mass is 406 g/mol. The highest BCUT2D eigenvalue weighted by Gasteiger charge is 2.16. The van der Waals surface area contributed by atoms with E-state index in [1.165, 1.54) is 23.5 Å². The van der Waals surface area contributed by atoms with Crippen LogP contribution in [0.3, 0.4) is 0 Å². The lowest BCUT2D eigenvalue weighted by atomic mass is 10.2. The minimum absolute atomic E-state index is 0.0981. The van der Waals surface area contributed by atoms with E-state index in [0.717, 1.165) is 5.56 Å². The minimum Gasteiger partial charge on any atom is -0.321 e. The number of carbonyl (C=O) groups is 1. The number of rotatable bonds is 5. The molecular weight excluding hydrogens is 392 g/mol. The zero-order chi connectivity index (χ0) is 18.7. The number of carbonyl (C=O) groups excluding carboxylic acids is 1. The first-order valence-electron chi connectivity index (χ1n) is 7.59. The molecule has 5 nitrogen and oxygen atoms in total. The first kappa shape index (κ1) is 18.4. The number of thiophene rings is 1. The van der Waals surface area contributed by atoms with Gasteiger partial charge in [-0.05, 0) is 66.4 Å². The largest absolute Gasteiger partial charge is 0.321 e. The average Bonchev–Trinajstić information content (AvgIpc) is 3.13. The van der Waals surface area contributed by atoms with E-state index in [2.05, 4.69) is 10.0 Å². The number of halogens is 1. The van der Waals surface area contributed by atoms with Crippen LogP contribution in [0.25, 0.3) is 0 Å². The maximum Gasteiger partial charge on any atom is 0.265 e. The van der Waals surface area contributed by atoms with Crippen molar-refractivity contribution in [3.63, 3.8) is 0 Å². The molecule has 0 radical (unpaired) electrons. The van der Waals surface area contributed by atoms with Gasteiger partial charge in [-0.25, -0.2) is 8.42 Å². The summed E-state index contributed by atoms with van der Waals surface area (Å²) in [5.74, 6) is -0.231. The predicted octanol–water partition coefficient (Wildman–Crippen LogP) is 4.76. The van der Waals surface area contributed by atoms with Crippen molar-refractivity contribution in [1.29, 1.82) is 0 Å². The molecule has 0 saturated carbocycles.